The Labute approximate surface area is 167 Å². The summed E-state index contributed by atoms with van der Waals surface area (Å²) in [6.07, 6.45) is 2.18. The van der Waals surface area contributed by atoms with E-state index in [-0.39, 0.29) is 11.9 Å². The first kappa shape index (κ1) is 19.4. The van der Waals surface area contributed by atoms with E-state index in [9.17, 15) is 9.59 Å². The third-order valence-corrected chi connectivity index (χ3v) is 4.36. The predicted octanol–water partition coefficient (Wildman–Crippen LogP) is 4.09. The average Bonchev–Trinajstić information content (AvgIpc) is 3.13. The van der Waals surface area contributed by atoms with E-state index in [1.54, 1.807) is 54.3 Å². The first-order valence-electron chi connectivity index (χ1n) is 8.74. The number of amides is 3. The molecule has 3 N–H and O–H groups in total. The van der Waals surface area contributed by atoms with Crippen LogP contribution >= 0.6 is 11.6 Å². The third kappa shape index (κ3) is 4.32. The first-order valence-corrected chi connectivity index (χ1v) is 9.12. The van der Waals surface area contributed by atoms with Crippen LogP contribution in [0.5, 0.6) is 0 Å². The fourth-order valence-electron chi connectivity index (χ4n) is 2.76. The lowest BCUT2D eigenvalue weighted by molar-refractivity contribution is 0.102. The van der Waals surface area contributed by atoms with Crippen LogP contribution in [-0.4, -0.2) is 28.8 Å². The zero-order chi connectivity index (χ0) is 20.1. The van der Waals surface area contributed by atoms with Gasteiger partial charge in [0.2, 0.25) is 0 Å². The van der Waals surface area contributed by atoms with Gasteiger partial charge in [0.25, 0.3) is 5.91 Å². The standard InChI is InChI=1S/C20H20ClN5O2/c1-3-18-17(12-23-26(18)16-6-4-5-13(21)11-16)19(27)24-14-7-9-15(10-8-14)25-20(28)22-2/h4-12H,3H2,1-2H3,(H,24,27)(H2,22,25,28). The van der Waals surface area contributed by atoms with E-state index in [2.05, 4.69) is 21.0 Å². The molecular formula is C20H20ClN5O2. The lowest BCUT2D eigenvalue weighted by Gasteiger charge is -2.10. The number of carbonyl (C=O) groups is 2. The molecule has 3 rings (SSSR count). The lowest BCUT2D eigenvalue weighted by Crippen LogP contribution is -2.24. The van der Waals surface area contributed by atoms with Gasteiger partial charge in [-0.3, -0.25) is 4.79 Å². The van der Waals surface area contributed by atoms with Gasteiger partial charge in [-0.1, -0.05) is 24.6 Å². The van der Waals surface area contributed by atoms with Crippen LogP contribution in [0.25, 0.3) is 5.69 Å². The van der Waals surface area contributed by atoms with Crippen molar-refractivity contribution in [1.29, 1.82) is 0 Å². The van der Waals surface area contributed by atoms with Gasteiger partial charge in [-0.25, -0.2) is 9.48 Å². The number of nitrogens with one attached hydrogen (secondary N) is 3. The van der Waals surface area contributed by atoms with Crippen molar-refractivity contribution in [2.45, 2.75) is 13.3 Å². The van der Waals surface area contributed by atoms with Crippen LogP contribution in [0.15, 0.2) is 54.7 Å². The molecule has 3 aromatic rings. The third-order valence-electron chi connectivity index (χ3n) is 4.13. The van der Waals surface area contributed by atoms with Crippen LogP contribution < -0.4 is 16.0 Å². The maximum Gasteiger partial charge on any atom is 0.318 e. The molecule has 1 heterocycles. The van der Waals surface area contributed by atoms with Crippen molar-refractivity contribution < 1.29 is 9.59 Å². The number of aromatic nitrogens is 2. The van der Waals surface area contributed by atoms with Crippen LogP contribution in [0.1, 0.15) is 23.0 Å². The Morgan fingerprint density at radius 1 is 1.07 bits per heavy atom. The minimum absolute atomic E-state index is 0.253. The van der Waals surface area contributed by atoms with Crippen molar-refractivity contribution in [3.05, 3.63) is 71.0 Å². The number of hydrogen-bond acceptors (Lipinski definition) is 3. The number of halogens is 1. The minimum Gasteiger partial charge on any atom is -0.341 e. The van der Waals surface area contributed by atoms with E-state index in [0.29, 0.717) is 28.4 Å². The topological polar surface area (TPSA) is 88.1 Å². The van der Waals surface area contributed by atoms with E-state index in [4.69, 9.17) is 11.6 Å². The van der Waals surface area contributed by atoms with Crippen molar-refractivity contribution in [2.24, 2.45) is 0 Å². The second-order valence-electron chi connectivity index (χ2n) is 5.99. The molecule has 0 bridgehead atoms. The lowest BCUT2D eigenvalue weighted by atomic mass is 10.1. The van der Waals surface area contributed by atoms with Crippen LogP contribution in [0.2, 0.25) is 5.02 Å². The van der Waals surface area contributed by atoms with Gasteiger partial charge in [-0.05, 0) is 48.9 Å². The zero-order valence-corrected chi connectivity index (χ0v) is 16.2. The largest absolute Gasteiger partial charge is 0.341 e. The summed E-state index contributed by atoms with van der Waals surface area (Å²) in [6, 6.07) is 13.9. The molecule has 0 fully saturated rings. The molecule has 0 atom stereocenters. The van der Waals surface area contributed by atoms with Crippen molar-refractivity contribution in [3.8, 4) is 5.69 Å². The number of rotatable bonds is 5. The predicted molar refractivity (Wildman–Crippen MR) is 110 cm³/mol. The summed E-state index contributed by atoms with van der Waals surface area (Å²) in [5.74, 6) is -0.253. The second-order valence-corrected chi connectivity index (χ2v) is 6.42. The highest BCUT2D eigenvalue weighted by Crippen LogP contribution is 2.20. The molecule has 0 aliphatic rings. The van der Waals surface area contributed by atoms with Gasteiger partial charge in [0, 0.05) is 23.4 Å². The quantitative estimate of drug-likeness (QED) is 0.605. The van der Waals surface area contributed by atoms with Crippen molar-refractivity contribution in [3.63, 3.8) is 0 Å². The number of urea groups is 1. The molecule has 0 radical (unpaired) electrons. The maximum atomic E-state index is 12.7. The molecule has 8 heteroatoms. The second kappa shape index (κ2) is 8.58. The Bertz CT molecular complexity index is 998. The fraction of sp³-hybridized carbons (Fsp3) is 0.150. The highest BCUT2D eigenvalue weighted by molar-refractivity contribution is 6.30. The fourth-order valence-corrected chi connectivity index (χ4v) is 2.95. The molecule has 7 nitrogen and oxygen atoms in total. The van der Waals surface area contributed by atoms with Crippen LogP contribution in [0, 0.1) is 0 Å². The Kier molecular flexibility index (Phi) is 5.96. The molecule has 2 aromatic carbocycles. The van der Waals surface area contributed by atoms with E-state index in [0.717, 1.165) is 11.4 Å². The smallest absolute Gasteiger partial charge is 0.318 e. The molecule has 0 saturated carbocycles. The number of carbonyl (C=O) groups excluding carboxylic acids is 2. The van der Waals surface area contributed by atoms with Gasteiger partial charge >= 0.3 is 6.03 Å². The minimum atomic E-state index is -0.308. The molecule has 144 valence electrons. The highest BCUT2D eigenvalue weighted by atomic mass is 35.5. The van der Waals surface area contributed by atoms with Gasteiger partial charge in [-0.2, -0.15) is 5.10 Å². The Morgan fingerprint density at radius 3 is 2.36 bits per heavy atom. The van der Waals surface area contributed by atoms with E-state index in [1.807, 2.05) is 19.1 Å². The molecule has 0 unspecified atom stereocenters. The monoisotopic (exact) mass is 397 g/mol. The van der Waals surface area contributed by atoms with E-state index >= 15 is 0 Å². The summed E-state index contributed by atoms with van der Waals surface area (Å²) in [7, 11) is 1.54. The van der Waals surface area contributed by atoms with Gasteiger partial charge in [0.05, 0.1) is 23.1 Å². The molecular weight excluding hydrogens is 378 g/mol. The summed E-state index contributed by atoms with van der Waals surface area (Å²) >= 11 is 6.07. The summed E-state index contributed by atoms with van der Waals surface area (Å²) in [6.45, 7) is 1.97. The van der Waals surface area contributed by atoms with Crippen LogP contribution in [-0.2, 0) is 6.42 Å². The maximum absolute atomic E-state index is 12.7. The molecule has 0 saturated heterocycles. The zero-order valence-electron chi connectivity index (χ0n) is 15.5. The molecule has 0 spiro atoms. The Morgan fingerprint density at radius 2 is 1.75 bits per heavy atom. The van der Waals surface area contributed by atoms with Crippen LogP contribution in [0.3, 0.4) is 0 Å². The molecule has 1 aromatic heterocycles. The van der Waals surface area contributed by atoms with E-state index < -0.39 is 0 Å². The summed E-state index contributed by atoms with van der Waals surface area (Å²) in [4.78, 5) is 24.1. The van der Waals surface area contributed by atoms with Gasteiger partial charge in [0.15, 0.2) is 0 Å². The highest BCUT2D eigenvalue weighted by Gasteiger charge is 2.17. The molecule has 28 heavy (non-hydrogen) atoms. The van der Waals surface area contributed by atoms with Crippen molar-refractivity contribution in [1.82, 2.24) is 15.1 Å². The number of benzene rings is 2. The van der Waals surface area contributed by atoms with Crippen LogP contribution in [0.4, 0.5) is 16.2 Å². The van der Waals surface area contributed by atoms with Crippen molar-refractivity contribution in [2.75, 3.05) is 17.7 Å². The SMILES string of the molecule is CCc1c(C(=O)Nc2ccc(NC(=O)NC)cc2)cnn1-c1cccc(Cl)c1. The summed E-state index contributed by atoms with van der Waals surface area (Å²) in [5, 5.41) is 13.0. The van der Waals surface area contributed by atoms with Gasteiger partial charge in [-0.15, -0.1) is 0 Å². The Hall–Kier alpha value is -3.32. The summed E-state index contributed by atoms with van der Waals surface area (Å²) in [5.41, 5.74) is 3.33. The molecule has 0 aliphatic heterocycles. The normalized spacial score (nSPS) is 10.4. The van der Waals surface area contributed by atoms with E-state index in [1.165, 1.54) is 0 Å². The van der Waals surface area contributed by atoms with Gasteiger partial charge < -0.3 is 16.0 Å². The van der Waals surface area contributed by atoms with Crippen molar-refractivity contribution >= 4 is 34.9 Å². The summed E-state index contributed by atoms with van der Waals surface area (Å²) < 4.78 is 1.72. The molecule has 0 aliphatic carbocycles. The number of anilines is 2. The number of hydrogen-bond donors (Lipinski definition) is 3. The van der Waals surface area contributed by atoms with Gasteiger partial charge in [0.1, 0.15) is 0 Å². The number of nitrogens with zero attached hydrogens (tertiary/aromatic N) is 2. The average molecular weight is 398 g/mol. The first-order chi connectivity index (χ1) is 13.5. The Balaban J connectivity index is 1.79. The molecule has 3 amide bonds.